The summed E-state index contributed by atoms with van der Waals surface area (Å²) >= 11 is 0. The minimum Gasteiger partial charge on any atom is -0.480 e. The second-order valence-corrected chi connectivity index (χ2v) is 6.80. The molecule has 0 radical (unpaired) electrons. The Kier molecular flexibility index (Phi) is 4.95. The monoisotopic (exact) mass is 360 g/mol. The van der Waals surface area contributed by atoms with E-state index in [1.54, 1.807) is 12.3 Å². The molecule has 3 rings (SSSR count). The third-order valence-corrected chi connectivity index (χ3v) is 5.08. The number of nitrogens with zero attached hydrogens (tertiary/aromatic N) is 4. The highest BCUT2D eigenvalue weighted by Crippen LogP contribution is 2.27. The van der Waals surface area contributed by atoms with Crippen molar-refractivity contribution < 1.29 is 19.4 Å². The highest BCUT2D eigenvalue weighted by molar-refractivity contribution is 6.06. The van der Waals surface area contributed by atoms with Crippen molar-refractivity contribution in [1.82, 2.24) is 19.7 Å². The second-order valence-electron chi connectivity index (χ2n) is 6.80. The lowest BCUT2D eigenvalue weighted by molar-refractivity contribution is -0.141. The molecule has 3 unspecified atom stereocenters. The third-order valence-electron chi connectivity index (χ3n) is 5.08. The number of aryl methyl sites for hydroxylation is 1. The minimum absolute atomic E-state index is 0.154. The molecule has 1 aliphatic heterocycles. The van der Waals surface area contributed by atoms with E-state index in [1.807, 2.05) is 18.5 Å². The van der Waals surface area contributed by atoms with Crippen LogP contribution in [0, 0.1) is 6.92 Å². The average molecular weight is 360 g/mol. The topological polar surface area (TPSA) is 97.6 Å². The summed E-state index contributed by atoms with van der Waals surface area (Å²) in [5.41, 5.74) is 1.78. The summed E-state index contributed by atoms with van der Waals surface area (Å²) in [5.74, 6) is -1.34. The molecule has 2 aromatic rings. The molecule has 0 saturated carbocycles. The van der Waals surface area contributed by atoms with Gasteiger partial charge in [-0.15, -0.1) is 0 Å². The number of hydrogen-bond donors (Lipinski definition) is 1. The van der Waals surface area contributed by atoms with Crippen molar-refractivity contribution in [3.05, 3.63) is 23.5 Å². The molecule has 1 saturated heterocycles. The Morgan fingerprint density at radius 1 is 1.46 bits per heavy atom. The first kappa shape index (κ1) is 18.3. The highest BCUT2D eigenvalue weighted by Gasteiger charge is 2.40. The quantitative estimate of drug-likeness (QED) is 0.876. The second kappa shape index (κ2) is 7.03. The molecular weight excluding hydrogens is 336 g/mol. The number of carbonyl (C=O) groups excluding carboxylic acids is 1. The molecule has 3 atom stereocenters. The van der Waals surface area contributed by atoms with Gasteiger partial charge in [0.2, 0.25) is 0 Å². The van der Waals surface area contributed by atoms with E-state index >= 15 is 0 Å². The molecule has 8 nitrogen and oxygen atoms in total. The number of hydrogen-bond acceptors (Lipinski definition) is 5. The Morgan fingerprint density at radius 2 is 2.19 bits per heavy atom. The number of carbonyl (C=O) groups is 2. The average Bonchev–Trinajstić information content (AvgIpc) is 3.23. The SMILES string of the molecule is CCC(C)n1ncc2c(C(=O)N3CC(OC)CC3C(=O)O)cc(C)nc21. The molecule has 140 valence electrons. The molecular formula is C18H24N4O4. The molecule has 3 heterocycles. The van der Waals surface area contributed by atoms with E-state index in [4.69, 9.17) is 4.74 Å². The number of rotatable bonds is 5. The highest BCUT2D eigenvalue weighted by atomic mass is 16.5. The van der Waals surface area contributed by atoms with Crippen molar-refractivity contribution in [2.45, 2.75) is 51.8 Å². The summed E-state index contributed by atoms with van der Waals surface area (Å²) in [5, 5.41) is 14.5. The zero-order valence-electron chi connectivity index (χ0n) is 15.5. The van der Waals surface area contributed by atoms with Crippen LogP contribution >= 0.6 is 0 Å². The van der Waals surface area contributed by atoms with Crippen LogP contribution < -0.4 is 0 Å². The van der Waals surface area contributed by atoms with Gasteiger partial charge in [-0.2, -0.15) is 5.10 Å². The van der Waals surface area contributed by atoms with Gasteiger partial charge in [0, 0.05) is 25.8 Å². The van der Waals surface area contributed by atoms with E-state index in [0.717, 1.165) is 6.42 Å². The zero-order chi connectivity index (χ0) is 19.0. The van der Waals surface area contributed by atoms with E-state index in [2.05, 4.69) is 17.0 Å². The number of ether oxygens (including phenoxy) is 1. The first-order valence-corrected chi connectivity index (χ1v) is 8.78. The maximum Gasteiger partial charge on any atom is 0.326 e. The fourth-order valence-electron chi connectivity index (χ4n) is 3.40. The van der Waals surface area contributed by atoms with Crippen molar-refractivity contribution in [3.63, 3.8) is 0 Å². The number of amides is 1. The van der Waals surface area contributed by atoms with Gasteiger partial charge >= 0.3 is 5.97 Å². The largest absolute Gasteiger partial charge is 0.480 e. The van der Waals surface area contributed by atoms with Gasteiger partial charge in [-0.1, -0.05) is 6.92 Å². The Labute approximate surface area is 151 Å². The van der Waals surface area contributed by atoms with Gasteiger partial charge in [0.15, 0.2) is 5.65 Å². The first-order valence-electron chi connectivity index (χ1n) is 8.78. The van der Waals surface area contributed by atoms with Gasteiger partial charge in [0.05, 0.1) is 29.3 Å². The van der Waals surface area contributed by atoms with Crippen LogP contribution in [0.3, 0.4) is 0 Å². The number of methoxy groups -OCH3 is 1. The molecule has 1 aliphatic rings. The zero-order valence-corrected chi connectivity index (χ0v) is 15.5. The number of fused-ring (bicyclic) bond motifs is 1. The lowest BCUT2D eigenvalue weighted by Gasteiger charge is -2.22. The van der Waals surface area contributed by atoms with Crippen molar-refractivity contribution in [3.8, 4) is 0 Å². The normalized spacial score (nSPS) is 21.3. The number of aliphatic carboxylic acids is 1. The standard InChI is InChI=1S/C18H24N4O4/c1-5-11(3)22-16-14(8-19-22)13(6-10(2)20-16)17(23)21-9-12(26-4)7-15(21)18(24)25/h6,8,11-12,15H,5,7,9H2,1-4H3,(H,24,25). The van der Waals surface area contributed by atoms with E-state index in [1.165, 1.54) is 12.0 Å². The van der Waals surface area contributed by atoms with Gasteiger partial charge < -0.3 is 14.7 Å². The lowest BCUT2D eigenvalue weighted by Crippen LogP contribution is -2.40. The number of carboxylic acids is 1. The molecule has 1 N–H and O–H groups in total. The lowest BCUT2D eigenvalue weighted by atomic mass is 10.1. The van der Waals surface area contributed by atoms with E-state index in [9.17, 15) is 14.7 Å². The van der Waals surface area contributed by atoms with Crippen LogP contribution in [0.5, 0.6) is 0 Å². The van der Waals surface area contributed by atoms with Crippen molar-refractivity contribution in [2.75, 3.05) is 13.7 Å². The third kappa shape index (κ3) is 3.05. The van der Waals surface area contributed by atoms with E-state index < -0.39 is 12.0 Å². The van der Waals surface area contributed by atoms with Crippen LogP contribution in [0.1, 0.15) is 48.8 Å². The van der Waals surface area contributed by atoms with Crippen molar-refractivity contribution >= 4 is 22.9 Å². The number of pyridine rings is 1. The first-order chi connectivity index (χ1) is 12.4. The van der Waals surface area contributed by atoms with Crippen LogP contribution in [0.2, 0.25) is 0 Å². The van der Waals surface area contributed by atoms with Crippen LogP contribution in [0.4, 0.5) is 0 Å². The van der Waals surface area contributed by atoms with Gasteiger partial charge in [-0.25, -0.2) is 14.5 Å². The maximum atomic E-state index is 13.2. The van der Waals surface area contributed by atoms with E-state index in [0.29, 0.717) is 22.3 Å². The Hall–Kier alpha value is -2.48. The van der Waals surface area contributed by atoms with Gasteiger partial charge in [-0.05, 0) is 26.3 Å². The molecule has 1 fully saturated rings. The van der Waals surface area contributed by atoms with Crippen LogP contribution in [-0.2, 0) is 9.53 Å². The molecule has 0 aliphatic carbocycles. The predicted octanol–water partition coefficient (Wildman–Crippen LogP) is 2.02. The number of likely N-dealkylation sites (tertiary alicyclic amines) is 1. The summed E-state index contributed by atoms with van der Waals surface area (Å²) in [6, 6.07) is 0.966. The molecule has 0 aromatic carbocycles. The fraction of sp³-hybridized carbons (Fsp3) is 0.556. The summed E-state index contributed by atoms with van der Waals surface area (Å²) in [6.07, 6.45) is 2.54. The summed E-state index contributed by atoms with van der Waals surface area (Å²) in [6.45, 7) is 6.18. The van der Waals surface area contributed by atoms with Crippen LogP contribution in [0.15, 0.2) is 12.3 Å². The molecule has 2 aromatic heterocycles. The maximum absolute atomic E-state index is 13.2. The molecule has 1 amide bonds. The van der Waals surface area contributed by atoms with Crippen LogP contribution in [-0.4, -0.2) is 62.4 Å². The van der Waals surface area contributed by atoms with E-state index in [-0.39, 0.29) is 31.0 Å². The van der Waals surface area contributed by atoms with Gasteiger partial charge in [0.25, 0.3) is 5.91 Å². The summed E-state index contributed by atoms with van der Waals surface area (Å²) in [7, 11) is 1.53. The van der Waals surface area contributed by atoms with Gasteiger partial charge in [0.1, 0.15) is 6.04 Å². The predicted molar refractivity (Wildman–Crippen MR) is 95.1 cm³/mol. The Morgan fingerprint density at radius 3 is 2.81 bits per heavy atom. The Balaban J connectivity index is 2.05. The molecule has 0 spiro atoms. The molecule has 0 bridgehead atoms. The molecule has 8 heteroatoms. The Bertz CT molecular complexity index is 847. The smallest absolute Gasteiger partial charge is 0.326 e. The number of aromatic nitrogens is 3. The minimum atomic E-state index is -1.02. The summed E-state index contributed by atoms with van der Waals surface area (Å²) in [4.78, 5) is 30.7. The van der Waals surface area contributed by atoms with Crippen molar-refractivity contribution in [2.24, 2.45) is 0 Å². The fourth-order valence-corrected chi connectivity index (χ4v) is 3.40. The van der Waals surface area contributed by atoms with Crippen molar-refractivity contribution in [1.29, 1.82) is 0 Å². The van der Waals surface area contributed by atoms with Crippen LogP contribution in [0.25, 0.3) is 11.0 Å². The van der Waals surface area contributed by atoms with Gasteiger partial charge in [-0.3, -0.25) is 4.79 Å². The molecule has 26 heavy (non-hydrogen) atoms. The number of carboxylic acid groups (broad SMARTS) is 1. The summed E-state index contributed by atoms with van der Waals surface area (Å²) < 4.78 is 7.10.